The molecule has 4 unspecified atom stereocenters. The molecule has 1 aromatic rings. The molecule has 0 bridgehead atoms. The maximum Gasteiger partial charge on any atom is 0.220 e. The van der Waals surface area contributed by atoms with Crippen LogP contribution in [0.25, 0.3) is 0 Å². The topological polar surface area (TPSA) is 127 Å². The van der Waals surface area contributed by atoms with Gasteiger partial charge in [-0.1, -0.05) is 54.6 Å². The zero-order valence-electron chi connectivity index (χ0n) is 19.1. The van der Waals surface area contributed by atoms with E-state index in [1.54, 1.807) is 12.2 Å². The number of carbonyl (C=O) groups is 2. The monoisotopic (exact) mass is 459 g/mol. The van der Waals surface area contributed by atoms with E-state index < -0.39 is 18.2 Å². The normalized spacial score (nSPS) is 22.0. The van der Waals surface area contributed by atoms with E-state index in [4.69, 9.17) is 10.2 Å². The van der Waals surface area contributed by atoms with Gasteiger partial charge in [0, 0.05) is 24.7 Å². The van der Waals surface area contributed by atoms with E-state index in [1.165, 1.54) is 0 Å². The number of rotatable bonds is 14. The van der Waals surface area contributed by atoms with Gasteiger partial charge in [-0.2, -0.15) is 0 Å². The molecule has 1 amide bonds. The number of hydrogen-bond acceptors (Lipinski definition) is 6. The fourth-order valence-electron chi connectivity index (χ4n) is 4.03. The van der Waals surface area contributed by atoms with Gasteiger partial charge in [0.15, 0.2) is 0 Å². The lowest BCUT2D eigenvalue weighted by Gasteiger charge is -2.16. The molecule has 1 fully saturated rings. The van der Waals surface area contributed by atoms with Crippen molar-refractivity contribution in [1.29, 1.82) is 0 Å². The first-order valence-electron chi connectivity index (χ1n) is 11.7. The smallest absolute Gasteiger partial charge is 0.220 e. The molecule has 1 aromatic carbocycles. The Morgan fingerprint density at radius 2 is 1.88 bits per heavy atom. The predicted octanol–water partition coefficient (Wildman–Crippen LogP) is 1.69. The van der Waals surface area contributed by atoms with Crippen LogP contribution in [0.15, 0.2) is 54.6 Å². The Morgan fingerprint density at radius 1 is 1.15 bits per heavy atom. The number of ketones is 1. The van der Waals surface area contributed by atoms with Crippen LogP contribution >= 0.6 is 0 Å². The van der Waals surface area contributed by atoms with Crippen LogP contribution < -0.4 is 5.32 Å². The summed E-state index contributed by atoms with van der Waals surface area (Å²) in [6.07, 6.45) is 9.48. The van der Waals surface area contributed by atoms with Crippen molar-refractivity contribution in [2.45, 2.75) is 63.2 Å². The quantitative estimate of drug-likeness (QED) is 0.213. The number of nitrogens with one attached hydrogen (secondary N) is 1. The van der Waals surface area contributed by atoms with Gasteiger partial charge in [-0.05, 0) is 37.7 Å². The van der Waals surface area contributed by atoms with Crippen LogP contribution in [0.3, 0.4) is 0 Å². The Labute approximate surface area is 195 Å². The lowest BCUT2D eigenvalue weighted by molar-refractivity contribution is -0.122. The number of hydrogen-bond donors (Lipinski definition) is 5. The van der Waals surface area contributed by atoms with Crippen molar-refractivity contribution in [3.8, 4) is 0 Å². The second-order valence-electron chi connectivity index (χ2n) is 8.63. The van der Waals surface area contributed by atoms with E-state index in [2.05, 4.69) is 5.32 Å². The van der Waals surface area contributed by atoms with Crippen LogP contribution in [0.2, 0.25) is 0 Å². The number of unbranched alkanes of at least 4 members (excludes halogenated alkanes) is 1. The van der Waals surface area contributed by atoms with Crippen LogP contribution in [0, 0.1) is 11.8 Å². The highest BCUT2D eigenvalue weighted by Gasteiger charge is 2.39. The molecule has 0 radical (unpaired) electrons. The molecule has 0 aliphatic heterocycles. The van der Waals surface area contributed by atoms with E-state index in [0.717, 1.165) is 12.0 Å². The summed E-state index contributed by atoms with van der Waals surface area (Å²) >= 11 is 0. The maximum atomic E-state index is 12.3. The van der Waals surface area contributed by atoms with Crippen molar-refractivity contribution in [3.63, 3.8) is 0 Å². The number of allylic oxidation sites excluding steroid dienone is 2. The molecular weight excluding hydrogens is 422 g/mol. The van der Waals surface area contributed by atoms with Crippen LogP contribution in [-0.4, -0.2) is 63.6 Å². The number of amides is 1. The third kappa shape index (κ3) is 9.60. The minimum absolute atomic E-state index is 0.0269. The van der Waals surface area contributed by atoms with Crippen LogP contribution in [0.1, 0.15) is 44.1 Å². The third-order valence-corrected chi connectivity index (χ3v) is 6.00. The van der Waals surface area contributed by atoms with E-state index in [9.17, 15) is 19.8 Å². The minimum atomic E-state index is -0.733. The number of carbonyl (C=O) groups excluding carboxylic acids is 2. The summed E-state index contributed by atoms with van der Waals surface area (Å²) in [4.78, 5) is 24.1. The van der Waals surface area contributed by atoms with Gasteiger partial charge in [0.1, 0.15) is 5.78 Å². The van der Waals surface area contributed by atoms with Crippen LogP contribution in [0.5, 0.6) is 0 Å². The Bertz CT molecular complexity index is 774. The van der Waals surface area contributed by atoms with Crippen molar-refractivity contribution in [2.75, 3.05) is 13.2 Å². The molecule has 2 rings (SSSR count). The van der Waals surface area contributed by atoms with Crippen LogP contribution in [0.4, 0.5) is 0 Å². The highest BCUT2D eigenvalue weighted by molar-refractivity contribution is 5.84. The largest absolute Gasteiger partial charge is 0.394 e. The molecule has 5 N–H and O–H groups in total. The molecule has 1 aliphatic rings. The summed E-state index contributed by atoms with van der Waals surface area (Å²) < 4.78 is 0. The average molecular weight is 460 g/mol. The van der Waals surface area contributed by atoms with Crippen molar-refractivity contribution < 1.29 is 30.0 Å². The van der Waals surface area contributed by atoms with E-state index >= 15 is 0 Å². The van der Waals surface area contributed by atoms with E-state index in [0.29, 0.717) is 25.7 Å². The zero-order valence-corrected chi connectivity index (χ0v) is 19.1. The molecule has 0 saturated heterocycles. The average Bonchev–Trinajstić information content (AvgIpc) is 3.09. The Morgan fingerprint density at radius 3 is 2.58 bits per heavy atom. The number of Topliss-reactive ketones (excluding diaryl/α,β-unsaturated/α-hetero) is 1. The summed E-state index contributed by atoms with van der Waals surface area (Å²) in [5.41, 5.74) is 1.16. The molecule has 4 atom stereocenters. The first kappa shape index (κ1) is 26.9. The summed E-state index contributed by atoms with van der Waals surface area (Å²) in [6, 6.07) is 9.30. The predicted molar refractivity (Wildman–Crippen MR) is 126 cm³/mol. The fourth-order valence-corrected chi connectivity index (χ4v) is 4.03. The van der Waals surface area contributed by atoms with Gasteiger partial charge in [-0.3, -0.25) is 9.59 Å². The highest BCUT2D eigenvalue weighted by atomic mass is 16.3. The molecule has 1 aliphatic carbocycles. The molecule has 0 aromatic heterocycles. The Hall–Kier alpha value is -2.32. The summed E-state index contributed by atoms with van der Waals surface area (Å²) in [5, 5.41) is 41.1. The van der Waals surface area contributed by atoms with Gasteiger partial charge in [0.05, 0.1) is 31.5 Å². The molecule has 182 valence electrons. The molecule has 7 heteroatoms. The van der Waals surface area contributed by atoms with Crippen LogP contribution in [-0.2, 0) is 16.0 Å². The number of aliphatic hydroxyl groups is 4. The first-order valence-corrected chi connectivity index (χ1v) is 11.7. The zero-order chi connectivity index (χ0) is 24.1. The second-order valence-corrected chi connectivity index (χ2v) is 8.63. The number of aryl methyl sites for hydroxylation is 1. The highest BCUT2D eigenvalue weighted by Crippen LogP contribution is 2.33. The lowest BCUT2D eigenvalue weighted by atomic mass is 9.90. The number of benzene rings is 1. The summed E-state index contributed by atoms with van der Waals surface area (Å²) in [5.74, 6) is -0.819. The van der Waals surface area contributed by atoms with Crippen molar-refractivity contribution in [1.82, 2.24) is 5.32 Å². The Kier molecular flexibility index (Phi) is 12.0. The molecule has 33 heavy (non-hydrogen) atoms. The number of aliphatic hydroxyl groups excluding tert-OH is 4. The van der Waals surface area contributed by atoms with Crippen molar-refractivity contribution in [2.24, 2.45) is 11.8 Å². The first-order chi connectivity index (χ1) is 15.9. The Balaban J connectivity index is 1.75. The van der Waals surface area contributed by atoms with Crippen molar-refractivity contribution in [3.05, 3.63) is 60.2 Å². The van der Waals surface area contributed by atoms with Gasteiger partial charge in [-0.15, -0.1) is 0 Å². The van der Waals surface area contributed by atoms with Gasteiger partial charge in [0.25, 0.3) is 0 Å². The molecular formula is C26H37NO6. The fraction of sp³-hybridized carbons (Fsp3) is 0.538. The van der Waals surface area contributed by atoms with E-state index in [-0.39, 0.29) is 49.6 Å². The van der Waals surface area contributed by atoms with Gasteiger partial charge >= 0.3 is 0 Å². The second kappa shape index (κ2) is 14.8. The van der Waals surface area contributed by atoms with E-state index in [1.807, 2.05) is 42.5 Å². The molecule has 1 saturated carbocycles. The molecule has 7 nitrogen and oxygen atoms in total. The lowest BCUT2D eigenvalue weighted by Crippen LogP contribution is -2.39. The molecule has 0 spiro atoms. The summed E-state index contributed by atoms with van der Waals surface area (Å²) in [7, 11) is 0. The SMILES string of the molecule is O=C(CCCC=CCC1C(=O)CC(O)C1C=CC(O)CCc1ccccc1)NC(CO)CO. The summed E-state index contributed by atoms with van der Waals surface area (Å²) in [6.45, 7) is -0.605. The third-order valence-electron chi connectivity index (χ3n) is 6.00. The van der Waals surface area contributed by atoms with Gasteiger partial charge in [0.2, 0.25) is 5.91 Å². The minimum Gasteiger partial charge on any atom is -0.394 e. The molecule has 0 heterocycles. The van der Waals surface area contributed by atoms with Gasteiger partial charge < -0.3 is 25.7 Å². The standard InChI is InChI=1S/C26H37NO6/c28-17-20(18-29)27-26(33)11-7-2-1-6-10-22-23(25(32)16-24(22)31)15-14-21(30)13-12-19-8-4-3-5-9-19/h1,3-6,8-9,14-15,20-23,25,28-30,32H,2,7,10-13,16-18H2,(H,27,33). The van der Waals surface area contributed by atoms with Gasteiger partial charge in [-0.25, -0.2) is 0 Å². The maximum absolute atomic E-state index is 12.3. The van der Waals surface area contributed by atoms with Crippen molar-refractivity contribution >= 4 is 11.7 Å².